The fourth-order valence-electron chi connectivity index (χ4n) is 2.26. The van der Waals surface area contributed by atoms with Gasteiger partial charge in [-0.15, -0.1) is 23.5 Å². The molecule has 1 amide bonds. The molecule has 22 heavy (non-hydrogen) atoms. The number of carboxylic acid groups (broad SMARTS) is 1. The number of aliphatic carboxylic acids is 1. The van der Waals surface area contributed by atoms with Crippen molar-refractivity contribution >= 4 is 35.4 Å². The van der Waals surface area contributed by atoms with Gasteiger partial charge in [0, 0.05) is 17.6 Å². The van der Waals surface area contributed by atoms with Crippen LogP contribution in [0.4, 0.5) is 0 Å². The monoisotopic (exact) mass is 340 g/mol. The van der Waals surface area contributed by atoms with Crippen molar-refractivity contribution in [1.82, 2.24) is 15.1 Å². The van der Waals surface area contributed by atoms with Crippen LogP contribution in [0.2, 0.25) is 0 Å². The van der Waals surface area contributed by atoms with E-state index in [2.05, 4.69) is 10.2 Å². The van der Waals surface area contributed by atoms with Gasteiger partial charge < -0.3 is 10.8 Å². The van der Waals surface area contributed by atoms with E-state index in [9.17, 15) is 19.5 Å². The van der Waals surface area contributed by atoms with Crippen LogP contribution in [-0.4, -0.2) is 55.0 Å². The van der Waals surface area contributed by atoms with Gasteiger partial charge in [-0.25, -0.2) is 9.89 Å². The van der Waals surface area contributed by atoms with Crippen LogP contribution < -0.4 is 11.3 Å². The third kappa shape index (κ3) is 2.53. The summed E-state index contributed by atoms with van der Waals surface area (Å²) in [6, 6.07) is 2.29. The van der Waals surface area contributed by atoms with Gasteiger partial charge in [0.25, 0.3) is 5.56 Å². The summed E-state index contributed by atoms with van der Waals surface area (Å²) in [7, 11) is 0. The lowest BCUT2D eigenvalue weighted by molar-refractivity contribution is -0.147. The summed E-state index contributed by atoms with van der Waals surface area (Å²) in [4.78, 5) is 35.5. The lowest BCUT2D eigenvalue weighted by Gasteiger charge is -2.48. The zero-order valence-electron chi connectivity index (χ0n) is 11.2. The second-order valence-electron chi connectivity index (χ2n) is 4.74. The molecule has 116 valence electrons. The number of carbonyl (C=O) groups excluding carboxylic acids is 1. The van der Waals surface area contributed by atoms with Gasteiger partial charge in [0.15, 0.2) is 0 Å². The first kappa shape index (κ1) is 15.1. The van der Waals surface area contributed by atoms with Crippen LogP contribution in [0.1, 0.15) is 0 Å². The number of aromatic amines is 1. The van der Waals surface area contributed by atoms with Crippen LogP contribution >= 0.6 is 23.5 Å². The molecule has 0 bridgehead atoms. The summed E-state index contributed by atoms with van der Waals surface area (Å²) in [6.07, 6.45) is 0. The van der Waals surface area contributed by atoms with Gasteiger partial charge in [-0.3, -0.25) is 14.5 Å². The first-order valence-electron chi connectivity index (χ1n) is 6.33. The Hall–Kier alpha value is -1.78. The van der Waals surface area contributed by atoms with Gasteiger partial charge >= 0.3 is 5.97 Å². The van der Waals surface area contributed by atoms with Gasteiger partial charge in [0.1, 0.15) is 22.1 Å². The number of fused-ring (bicyclic) bond motifs is 1. The van der Waals surface area contributed by atoms with E-state index in [-0.39, 0.29) is 22.5 Å². The maximum atomic E-state index is 11.8. The number of thioether (sulfide) groups is 2. The second kappa shape index (κ2) is 5.78. The van der Waals surface area contributed by atoms with Crippen molar-refractivity contribution in [3.8, 4) is 0 Å². The number of nitrogens with one attached hydrogen (secondary N) is 1. The molecule has 0 spiro atoms. The minimum absolute atomic E-state index is 0.0207. The normalized spacial score (nSPS) is 24.0. The first-order valence-corrected chi connectivity index (χ1v) is 8.36. The summed E-state index contributed by atoms with van der Waals surface area (Å²) in [5, 5.41) is 15.9. The summed E-state index contributed by atoms with van der Waals surface area (Å²) >= 11 is 2.76. The highest BCUT2D eigenvalue weighted by molar-refractivity contribution is 8.01. The number of carboxylic acids is 1. The number of carbonyl (C=O) groups is 2. The standard InChI is InChI=1S/C12H12N4O4S2/c13-8-10(18)16-9(12(19)20)5(4-22-11(8)16)3-21-7-2-1-6(17)14-15-7/h1-2,8,11H,3-4,13H2,(H,14,17)(H,19,20)/t8?,11-/m1/s1. The molecule has 2 aliphatic heterocycles. The molecule has 2 atom stereocenters. The highest BCUT2D eigenvalue weighted by Gasteiger charge is 2.51. The van der Waals surface area contributed by atoms with E-state index in [0.29, 0.717) is 22.1 Å². The van der Waals surface area contributed by atoms with Crippen molar-refractivity contribution in [2.75, 3.05) is 11.5 Å². The SMILES string of the molecule is NC1C(=O)N2C(C(=O)O)=C(CSc3ccc(=O)[nH]n3)CS[C@H]12. The molecule has 8 nitrogen and oxygen atoms in total. The average molecular weight is 340 g/mol. The third-order valence-corrected chi connectivity index (χ3v) is 5.72. The molecule has 1 unspecified atom stereocenters. The molecule has 2 aliphatic rings. The number of β-lactam (4-membered cyclic amide) rings is 1. The average Bonchev–Trinajstić information content (AvgIpc) is 2.52. The van der Waals surface area contributed by atoms with E-state index < -0.39 is 12.0 Å². The van der Waals surface area contributed by atoms with Crippen molar-refractivity contribution in [3.05, 3.63) is 33.8 Å². The predicted molar refractivity (Wildman–Crippen MR) is 81.3 cm³/mol. The highest BCUT2D eigenvalue weighted by atomic mass is 32.2. The Bertz CT molecular complexity index is 712. The van der Waals surface area contributed by atoms with E-state index in [1.54, 1.807) is 6.07 Å². The number of nitrogens with zero attached hydrogens (tertiary/aromatic N) is 2. The van der Waals surface area contributed by atoms with Crippen molar-refractivity contribution in [1.29, 1.82) is 0 Å². The fraction of sp³-hybridized carbons (Fsp3) is 0.333. The number of hydrogen-bond acceptors (Lipinski definition) is 7. The lowest BCUT2D eigenvalue weighted by Crippen LogP contribution is -2.68. The number of hydrogen-bond donors (Lipinski definition) is 3. The van der Waals surface area contributed by atoms with Gasteiger partial charge in [0.05, 0.1) is 0 Å². The van der Waals surface area contributed by atoms with Crippen LogP contribution in [0.3, 0.4) is 0 Å². The second-order valence-corrected chi connectivity index (χ2v) is 6.84. The van der Waals surface area contributed by atoms with Gasteiger partial charge in [0.2, 0.25) is 5.91 Å². The number of H-pyrrole nitrogens is 1. The van der Waals surface area contributed by atoms with Gasteiger partial charge in [-0.1, -0.05) is 0 Å². The maximum Gasteiger partial charge on any atom is 0.352 e. The summed E-state index contributed by atoms with van der Waals surface area (Å²) in [5.41, 5.74) is 6.05. The summed E-state index contributed by atoms with van der Waals surface area (Å²) in [5.74, 6) is -0.616. The van der Waals surface area contributed by atoms with Crippen LogP contribution in [0.15, 0.2) is 33.2 Å². The Balaban J connectivity index is 1.81. The maximum absolute atomic E-state index is 11.8. The molecule has 3 rings (SSSR count). The predicted octanol–water partition coefficient (Wildman–Crippen LogP) is -0.557. The van der Waals surface area contributed by atoms with Gasteiger partial charge in [-0.2, -0.15) is 5.10 Å². The molecule has 0 aromatic carbocycles. The van der Waals surface area contributed by atoms with Crippen molar-refractivity contribution < 1.29 is 14.7 Å². The first-order chi connectivity index (χ1) is 10.5. The molecule has 1 aromatic heterocycles. The number of amides is 1. The smallest absolute Gasteiger partial charge is 0.352 e. The summed E-state index contributed by atoms with van der Waals surface area (Å²) < 4.78 is 0. The molecule has 1 fully saturated rings. The highest BCUT2D eigenvalue weighted by Crippen LogP contribution is 2.40. The summed E-state index contributed by atoms with van der Waals surface area (Å²) in [6.45, 7) is 0. The molecule has 0 saturated carbocycles. The van der Waals surface area contributed by atoms with Crippen molar-refractivity contribution in [2.45, 2.75) is 16.4 Å². The van der Waals surface area contributed by atoms with Crippen LogP contribution in [0.5, 0.6) is 0 Å². The Labute approximate surface area is 133 Å². The molecule has 0 aliphatic carbocycles. The molecule has 4 N–H and O–H groups in total. The number of aromatic nitrogens is 2. The van der Waals surface area contributed by atoms with E-state index in [1.807, 2.05) is 0 Å². The molecule has 10 heteroatoms. The van der Waals surface area contributed by atoms with Crippen molar-refractivity contribution in [3.63, 3.8) is 0 Å². The van der Waals surface area contributed by atoms with E-state index in [1.165, 1.54) is 34.5 Å². The topological polar surface area (TPSA) is 129 Å². The largest absolute Gasteiger partial charge is 0.477 e. The molecule has 1 aromatic rings. The van der Waals surface area contributed by atoms with Crippen molar-refractivity contribution in [2.24, 2.45) is 5.73 Å². The quantitative estimate of drug-likeness (QED) is 0.491. The molecular formula is C12H12N4O4S2. The van der Waals surface area contributed by atoms with Crippen LogP contribution in [0.25, 0.3) is 0 Å². The zero-order valence-corrected chi connectivity index (χ0v) is 12.8. The number of rotatable bonds is 4. The Kier molecular flexibility index (Phi) is 3.98. The van der Waals surface area contributed by atoms with Crippen LogP contribution in [-0.2, 0) is 9.59 Å². The van der Waals surface area contributed by atoms with Crippen LogP contribution in [0, 0.1) is 0 Å². The third-order valence-electron chi connectivity index (χ3n) is 3.34. The van der Waals surface area contributed by atoms with E-state index in [0.717, 1.165) is 0 Å². The molecule has 0 radical (unpaired) electrons. The molecule has 3 heterocycles. The van der Waals surface area contributed by atoms with E-state index >= 15 is 0 Å². The minimum Gasteiger partial charge on any atom is -0.477 e. The lowest BCUT2D eigenvalue weighted by atomic mass is 10.0. The zero-order chi connectivity index (χ0) is 15.9. The molecular weight excluding hydrogens is 328 g/mol. The minimum atomic E-state index is -1.13. The Morgan fingerprint density at radius 1 is 1.55 bits per heavy atom. The Morgan fingerprint density at radius 3 is 2.95 bits per heavy atom. The Morgan fingerprint density at radius 2 is 2.32 bits per heavy atom. The molecule has 1 saturated heterocycles. The number of nitrogens with two attached hydrogens (primary N) is 1. The van der Waals surface area contributed by atoms with E-state index in [4.69, 9.17) is 5.73 Å². The van der Waals surface area contributed by atoms with Gasteiger partial charge in [-0.05, 0) is 11.6 Å². The fourth-order valence-corrected chi connectivity index (χ4v) is 4.52.